The summed E-state index contributed by atoms with van der Waals surface area (Å²) in [4.78, 5) is 26.1. The number of nitrogens with zero attached hydrogens (tertiary/aromatic N) is 1. The Hall–Kier alpha value is -1.92. The highest BCUT2D eigenvalue weighted by atomic mass is 16.5. The largest absolute Gasteiger partial charge is 0.508 e. The van der Waals surface area contributed by atoms with Crippen molar-refractivity contribution in [3.05, 3.63) is 29.8 Å². The van der Waals surface area contributed by atoms with Crippen LogP contribution in [0.15, 0.2) is 24.3 Å². The van der Waals surface area contributed by atoms with Crippen LogP contribution in [0.3, 0.4) is 0 Å². The zero-order valence-electron chi connectivity index (χ0n) is 12.3. The average Bonchev–Trinajstić information content (AvgIpc) is 2.90. The molecule has 1 aromatic rings. The van der Waals surface area contributed by atoms with E-state index in [9.17, 15) is 14.7 Å². The molecule has 6 heteroatoms. The van der Waals surface area contributed by atoms with Crippen LogP contribution in [0.2, 0.25) is 0 Å². The lowest BCUT2D eigenvalue weighted by molar-refractivity contribution is -0.141. The van der Waals surface area contributed by atoms with E-state index in [1.165, 1.54) is 0 Å². The van der Waals surface area contributed by atoms with Crippen LogP contribution in [0, 0.1) is 0 Å². The summed E-state index contributed by atoms with van der Waals surface area (Å²) in [6.45, 7) is 0.644. The lowest BCUT2D eigenvalue weighted by Crippen LogP contribution is -2.56. The fourth-order valence-electron chi connectivity index (χ4n) is 3.22. The van der Waals surface area contributed by atoms with Gasteiger partial charge in [0, 0.05) is 6.54 Å². The van der Waals surface area contributed by atoms with Gasteiger partial charge in [0.15, 0.2) is 5.78 Å². The summed E-state index contributed by atoms with van der Waals surface area (Å²) in [7, 11) is 0. The van der Waals surface area contributed by atoms with E-state index in [0.717, 1.165) is 18.4 Å². The molecule has 22 heavy (non-hydrogen) atoms. The van der Waals surface area contributed by atoms with E-state index in [-0.39, 0.29) is 30.2 Å². The minimum Gasteiger partial charge on any atom is -0.508 e. The summed E-state index contributed by atoms with van der Waals surface area (Å²) >= 11 is 0. The highest BCUT2D eigenvalue weighted by molar-refractivity contribution is 5.93. The molecule has 0 saturated carbocycles. The van der Waals surface area contributed by atoms with Gasteiger partial charge < -0.3 is 20.5 Å². The number of phenols is 1. The summed E-state index contributed by atoms with van der Waals surface area (Å²) in [5, 5.41) is 9.28. The first-order chi connectivity index (χ1) is 10.6. The van der Waals surface area contributed by atoms with Gasteiger partial charge in [-0.3, -0.25) is 9.59 Å². The fourth-order valence-corrected chi connectivity index (χ4v) is 3.22. The molecule has 1 amide bonds. The molecule has 0 spiro atoms. The predicted octanol–water partition coefficient (Wildman–Crippen LogP) is 0.221. The first-order valence-electron chi connectivity index (χ1n) is 7.54. The van der Waals surface area contributed by atoms with Gasteiger partial charge in [-0.1, -0.05) is 12.1 Å². The second-order valence-electron chi connectivity index (χ2n) is 5.91. The molecule has 3 N–H and O–H groups in total. The number of phenolic OH excluding ortho intramolecular Hbond substituents is 1. The number of fused-ring (bicyclic) bond motifs is 1. The number of rotatable bonds is 3. The summed E-state index contributed by atoms with van der Waals surface area (Å²) < 4.78 is 5.45. The zero-order chi connectivity index (χ0) is 15.7. The molecule has 0 aromatic heterocycles. The monoisotopic (exact) mass is 304 g/mol. The predicted molar refractivity (Wildman–Crippen MR) is 79.3 cm³/mol. The Morgan fingerprint density at radius 3 is 2.86 bits per heavy atom. The SMILES string of the molecule is NC(Cc1ccc(O)cc1)C(=O)N1CCCC2OCC(=O)C21. The van der Waals surface area contributed by atoms with Crippen LogP contribution in [-0.2, 0) is 20.7 Å². The molecule has 3 rings (SSSR count). The summed E-state index contributed by atoms with van der Waals surface area (Å²) in [6.07, 6.45) is 1.84. The number of amides is 1. The quantitative estimate of drug-likeness (QED) is 0.833. The number of ketones is 1. The van der Waals surface area contributed by atoms with Gasteiger partial charge in [-0.25, -0.2) is 0 Å². The molecular weight excluding hydrogens is 284 g/mol. The third-order valence-corrected chi connectivity index (χ3v) is 4.34. The van der Waals surface area contributed by atoms with Crippen molar-refractivity contribution in [1.29, 1.82) is 0 Å². The third-order valence-electron chi connectivity index (χ3n) is 4.34. The number of aromatic hydroxyl groups is 1. The van der Waals surface area contributed by atoms with Crippen LogP contribution in [-0.4, -0.2) is 53.0 Å². The maximum atomic E-state index is 12.6. The van der Waals surface area contributed by atoms with E-state index in [0.29, 0.717) is 13.0 Å². The zero-order valence-corrected chi connectivity index (χ0v) is 12.3. The minimum atomic E-state index is -0.698. The van der Waals surface area contributed by atoms with Crippen LogP contribution in [0.25, 0.3) is 0 Å². The highest BCUT2D eigenvalue weighted by Crippen LogP contribution is 2.27. The Morgan fingerprint density at radius 2 is 2.14 bits per heavy atom. The maximum Gasteiger partial charge on any atom is 0.240 e. The molecule has 2 aliphatic rings. The van der Waals surface area contributed by atoms with Gasteiger partial charge in [0.2, 0.25) is 5.91 Å². The molecule has 2 heterocycles. The molecule has 118 valence electrons. The van der Waals surface area contributed by atoms with Gasteiger partial charge in [0.05, 0.1) is 12.1 Å². The van der Waals surface area contributed by atoms with Crippen molar-refractivity contribution in [2.75, 3.05) is 13.2 Å². The number of carbonyl (C=O) groups is 2. The second-order valence-corrected chi connectivity index (χ2v) is 5.91. The van der Waals surface area contributed by atoms with Crippen LogP contribution in [0.5, 0.6) is 5.75 Å². The number of benzene rings is 1. The lowest BCUT2D eigenvalue weighted by atomic mass is 9.96. The van der Waals surface area contributed by atoms with E-state index in [1.807, 2.05) is 0 Å². The Kier molecular flexibility index (Phi) is 4.13. The molecule has 6 nitrogen and oxygen atoms in total. The molecule has 0 aliphatic carbocycles. The number of Topliss-reactive ketones (excluding diaryl/α,β-unsaturated/α-hetero) is 1. The van der Waals surface area contributed by atoms with E-state index >= 15 is 0 Å². The van der Waals surface area contributed by atoms with Gasteiger partial charge >= 0.3 is 0 Å². The number of carbonyl (C=O) groups excluding carboxylic acids is 2. The van der Waals surface area contributed by atoms with Crippen molar-refractivity contribution in [1.82, 2.24) is 4.90 Å². The minimum absolute atomic E-state index is 0.0325. The standard InChI is InChI=1S/C16H20N2O4/c17-12(8-10-3-5-11(19)6-4-10)16(21)18-7-1-2-14-15(18)13(20)9-22-14/h3-6,12,14-15,19H,1-2,7-9,17H2. The second kappa shape index (κ2) is 6.06. The Morgan fingerprint density at radius 1 is 1.41 bits per heavy atom. The van der Waals surface area contributed by atoms with Crippen LogP contribution in [0.1, 0.15) is 18.4 Å². The smallest absolute Gasteiger partial charge is 0.240 e. The molecule has 2 fully saturated rings. The number of nitrogens with two attached hydrogens (primary N) is 1. The number of likely N-dealkylation sites (tertiary alicyclic amines) is 1. The normalized spacial score (nSPS) is 25.9. The van der Waals surface area contributed by atoms with Crippen molar-refractivity contribution in [2.24, 2.45) is 5.73 Å². The molecule has 1 aromatic carbocycles. The highest BCUT2D eigenvalue weighted by Gasteiger charge is 2.45. The fraction of sp³-hybridized carbons (Fsp3) is 0.500. The third kappa shape index (κ3) is 2.84. The first kappa shape index (κ1) is 15.0. The summed E-state index contributed by atoms with van der Waals surface area (Å²) in [5.74, 6) is -0.0623. The number of hydrogen-bond donors (Lipinski definition) is 2. The van der Waals surface area contributed by atoms with E-state index in [1.54, 1.807) is 29.2 Å². The molecule has 2 aliphatic heterocycles. The summed E-state index contributed by atoms with van der Waals surface area (Å²) in [5.41, 5.74) is 6.92. The van der Waals surface area contributed by atoms with Crippen molar-refractivity contribution in [3.8, 4) is 5.75 Å². The van der Waals surface area contributed by atoms with E-state index in [4.69, 9.17) is 10.5 Å². The number of piperidine rings is 1. The van der Waals surface area contributed by atoms with Gasteiger partial charge in [0.25, 0.3) is 0 Å². The maximum absolute atomic E-state index is 12.6. The summed E-state index contributed by atoms with van der Waals surface area (Å²) in [6, 6.07) is 5.45. The number of ether oxygens (including phenoxy) is 1. The van der Waals surface area contributed by atoms with Crippen LogP contribution >= 0.6 is 0 Å². The van der Waals surface area contributed by atoms with Crippen molar-refractivity contribution < 1.29 is 19.4 Å². The molecule has 0 bridgehead atoms. The molecule has 3 unspecified atom stereocenters. The molecule has 3 atom stereocenters. The van der Waals surface area contributed by atoms with Crippen molar-refractivity contribution >= 4 is 11.7 Å². The topological polar surface area (TPSA) is 92.9 Å². The first-order valence-corrected chi connectivity index (χ1v) is 7.54. The van der Waals surface area contributed by atoms with E-state index in [2.05, 4.69) is 0 Å². The van der Waals surface area contributed by atoms with Crippen LogP contribution in [0.4, 0.5) is 0 Å². The van der Waals surface area contributed by atoms with Gasteiger partial charge in [-0.2, -0.15) is 0 Å². The van der Waals surface area contributed by atoms with Crippen molar-refractivity contribution in [2.45, 2.75) is 37.5 Å². The average molecular weight is 304 g/mol. The lowest BCUT2D eigenvalue weighted by Gasteiger charge is -2.36. The van der Waals surface area contributed by atoms with Gasteiger partial charge in [-0.05, 0) is 37.0 Å². The number of hydrogen-bond acceptors (Lipinski definition) is 5. The Labute approximate surface area is 128 Å². The molecular formula is C16H20N2O4. The van der Waals surface area contributed by atoms with Gasteiger partial charge in [-0.15, -0.1) is 0 Å². The van der Waals surface area contributed by atoms with Crippen LogP contribution < -0.4 is 5.73 Å². The van der Waals surface area contributed by atoms with E-state index < -0.39 is 12.1 Å². The Bertz CT molecular complexity index is 572. The molecule has 2 saturated heterocycles. The molecule has 0 radical (unpaired) electrons. The van der Waals surface area contributed by atoms with Gasteiger partial charge in [0.1, 0.15) is 18.4 Å². The van der Waals surface area contributed by atoms with Crippen molar-refractivity contribution in [3.63, 3.8) is 0 Å². The Balaban J connectivity index is 1.69.